The van der Waals surface area contributed by atoms with Gasteiger partial charge in [0.2, 0.25) is 5.89 Å². The second-order valence-electron chi connectivity index (χ2n) is 5.35. The van der Waals surface area contributed by atoms with Crippen LogP contribution in [0.2, 0.25) is 0 Å². The molecule has 0 aliphatic rings. The highest BCUT2D eigenvalue weighted by atomic mass is 19.1. The third-order valence-corrected chi connectivity index (χ3v) is 2.66. The van der Waals surface area contributed by atoms with Gasteiger partial charge in [-0.2, -0.15) is 4.98 Å². The minimum Gasteiger partial charge on any atom is -0.339 e. The Hall–Kier alpha value is -1.82. The van der Waals surface area contributed by atoms with Crippen molar-refractivity contribution in [3.8, 4) is 0 Å². The van der Waals surface area contributed by atoms with Crippen molar-refractivity contribution in [2.75, 3.05) is 0 Å². The van der Waals surface area contributed by atoms with Crippen molar-refractivity contribution in [2.45, 2.75) is 32.2 Å². The van der Waals surface area contributed by atoms with Gasteiger partial charge in [0.1, 0.15) is 11.6 Å². The van der Waals surface area contributed by atoms with Crippen LogP contribution in [-0.2, 0) is 5.41 Å². The molecule has 0 saturated heterocycles. The van der Waals surface area contributed by atoms with Gasteiger partial charge in [0.05, 0.1) is 6.04 Å². The number of aromatic nitrogens is 2. The van der Waals surface area contributed by atoms with Crippen molar-refractivity contribution in [2.24, 2.45) is 5.73 Å². The van der Waals surface area contributed by atoms with Gasteiger partial charge in [-0.05, 0) is 6.07 Å². The second-order valence-corrected chi connectivity index (χ2v) is 5.35. The lowest BCUT2D eigenvalue weighted by molar-refractivity contribution is 0.317. The second kappa shape index (κ2) is 4.70. The van der Waals surface area contributed by atoms with Crippen molar-refractivity contribution in [1.82, 2.24) is 10.1 Å². The number of rotatable bonds is 2. The van der Waals surface area contributed by atoms with E-state index < -0.39 is 17.7 Å². The monoisotopic (exact) mass is 267 g/mol. The molecule has 1 aromatic heterocycles. The molecule has 0 radical (unpaired) electrons. The lowest BCUT2D eigenvalue weighted by Crippen LogP contribution is -2.17. The first-order valence-corrected chi connectivity index (χ1v) is 5.83. The highest BCUT2D eigenvalue weighted by Gasteiger charge is 2.25. The molecular weight excluding hydrogens is 252 g/mol. The standard InChI is InChI=1S/C13H15F2N3O/c1-13(2,3)12-17-11(18-19-12)10(16)8-5-4-7(14)6-9(8)15/h4-6,10H,16H2,1-3H3. The summed E-state index contributed by atoms with van der Waals surface area (Å²) in [7, 11) is 0. The van der Waals surface area contributed by atoms with E-state index in [0.29, 0.717) is 5.89 Å². The van der Waals surface area contributed by atoms with Crippen LogP contribution < -0.4 is 5.73 Å². The quantitative estimate of drug-likeness (QED) is 0.908. The Kier molecular flexibility index (Phi) is 3.36. The molecule has 0 saturated carbocycles. The van der Waals surface area contributed by atoms with Gasteiger partial charge in [-0.1, -0.05) is 32.0 Å². The number of hydrogen-bond donors (Lipinski definition) is 1. The summed E-state index contributed by atoms with van der Waals surface area (Å²) >= 11 is 0. The fraction of sp³-hybridized carbons (Fsp3) is 0.385. The predicted molar refractivity (Wildman–Crippen MR) is 65.4 cm³/mol. The Morgan fingerprint density at radius 3 is 2.47 bits per heavy atom. The molecule has 1 atom stereocenters. The van der Waals surface area contributed by atoms with E-state index in [2.05, 4.69) is 10.1 Å². The summed E-state index contributed by atoms with van der Waals surface area (Å²) in [6, 6.07) is 2.31. The fourth-order valence-corrected chi connectivity index (χ4v) is 1.56. The highest BCUT2D eigenvalue weighted by molar-refractivity contribution is 5.26. The highest BCUT2D eigenvalue weighted by Crippen LogP contribution is 2.24. The molecule has 2 rings (SSSR count). The molecule has 0 bridgehead atoms. The maximum absolute atomic E-state index is 13.6. The van der Waals surface area contributed by atoms with Gasteiger partial charge < -0.3 is 10.3 Å². The van der Waals surface area contributed by atoms with E-state index in [1.807, 2.05) is 20.8 Å². The Morgan fingerprint density at radius 1 is 1.26 bits per heavy atom. The van der Waals surface area contributed by atoms with Gasteiger partial charge >= 0.3 is 0 Å². The molecule has 2 aromatic rings. The van der Waals surface area contributed by atoms with Gasteiger partial charge in [0.25, 0.3) is 0 Å². The molecule has 1 heterocycles. The van der Waals surface area contributed by atoms with E-state index in [4.69, 9.17) is 10.3 Å². The molecule has 4 nitrogen and oxygen atoms in total. The summed E-state index contributed by atoms with van der Waals surface area (Å²) in [6.07, 6.45) is 0. The van der Waals surface area contributed by atoms with E-state index in [-0.39, 0.29) is 16.8 Å². The maximum atomic E-state index is 13.6. The predicted octanol–water partition coefficient (Wildman–Crippen LogP) is 2.69. The first-order chi connectivity index (χ1) is 8.79. The Balaban J connectivity index is 2.34. The summed E-state index contributed by atoms with van der Waals surface area (Å²) in [6.45, 7) is 5.73. The summed E-state index contributed by atoms with van der Waals surface area (Å²) in [5.74, 6) is -0.789. The zero-order chi connectivity index (χ0) is 14.2. The summed E-state index contributed by atoms with van der Waals surface area (Å²) in [5.41, 5.74) is 5.69. The van der Waals surface area contributed by atoms with Crippen LogP contribution in [0.25, 0.3) is 0 Å². The maximum Gasteiger partial charge on any atom is 0.232 e. The SMILES string of the molecule is CC(C)(C)c1nc(C(N)c2ccc(F)cc2F)no1. The average Bonchev–Trinajstić information content (AvgIpc) is 2.76. The number of hydrogen-bond acceptors (Lipinski definition) is 4. The molecular formula is C13H15F2N3O. The van der Waals surface area contributed by atoms with E-state index in [1.54, 1.807) is 0 Å². The van der Waals surface area contributed by atoms with Gasteiger partial charge in [-0.25, -0.2) is 8.78 Å². The molecule has 0 aliphatic carbocycles. The number of nitrogens with two attached hydrogens (primary N) is 1. The van der Waals surface area contributed by atoms with Crippen molar-refractivity contribution in [3.63, 3.8) is 0 Å². The third-order valence-electron chi connectivity index (χ3n) is 2.66. The van der Waals surface area contributed by atoms with E-state index in [9.17, 15) is 8.78 Å². The van der Waals surface area contributed by atoms with Crippen LogP contribution >= 0.6 is 0 Å². The largest absolute Gasteiger partial charge is 0.339 e. The first-order valence-electron chi connectivity index (χ1n) is 5.83. The fourth-order valence-electron chi connectivity index (χ4n) is 1.56. The Morgan fingerprint density at radius 2 is 1.95 bits per heavy atom. The molecule has 1 unspecified atom stereocenters. The van der Waals surface area contributed by atoms with Crippen LogP contribution in [0.3, 0.4) is 0 Å². The minimum absolute atomic E-state index is 0.127. The lowest BCUT2D eigenvalue weighted by Gasteiger charge is -2.11. The van der Waals surface area contributed by atoms with Gasteiger partial charge in [0.15, 0.2) is 5.82 Å². The Bertz CT molecular complexity index is 590. The molecule has 102 valence electrons. The van der Waals surface area contributed by atoms with Crippen LogP contribution in [0.1, 0.15) is 44.1 Å². The molecule has 1 aromatic carbocycles. The van der Waals surface area contributed by atoms with Crippen LogP contribution in [0.15, 0.2) is 22.7 Å². The summed E-state index contributed by atoms with van der Waals surface area (Å²) < 4.78 is 31.6. The lowest BCUT2D eigenvalue weighted by atomic mass is 9.97. The number of benzene rings is 1. The van der Waals surface area contributed by atoms with Gasteiger partial charge in [-0.3, -0.25) is 0 Å². The van der Waals surface area contributed by atoms with Crippen molar-refractivity contribution < 1.29 is 13.3 Å². The average molecular weight is 267 g/mol. The van der Waals surface area contributed by atoms with Crippen molar-refractivity contribution in [3.05, 3.63) is 47.1 Å². The topological polar surface area (TPSA) is 64.9 Å². The zero-order valence-electron chi connectivity index (χ0n) is 10.9. The van der Waals surface area contributed by atoms with Gasteiger partial charge in [-0.15, -0.1) is 0 Å². The van der Waals surface area contributed by atoms with Crippen LogP contribution in [0, 0.1) is 11.6 Å². The smallest absolute Gasteiger partial charge is 0.232 e. The van der Waals surface area contributed by atoms with Crippen molar-refractivity contribution >= 4 is 0 Å². The normalized spacial score (nSPS) is 13.6. The molecule has 6 heteroatoms. The number of halogens is 2. The van der Waals surface area contributed by atoms with Crippen LogP contribution in [0.5, 0.6) is 0 Å². The van der Waals surface area contributed by atoms with Crippen LogP contribution in [-0.4, -0.2) is 10.1 Å². The zero-order valence-corrected chi connectivity index (χ0v) is 10.9. The molecule has 0 fully saturated rings. The number of nitrogens with zero attached hydrogens (tertiary/aromatic N) is 2. The molecule has 0 aliphatic heterocycles. The molecule has 0 amide bonds. The minimum atomic E-state index is -0.888. The summed E-state index contributed by atoms with van der Waals surface area (Å²) in [5, 5.41) is 3.75. The molecule has 0 spiro atoms. The van der Waals surface area contributed by atoms with E-state index in [0.717, 1.165) is 12.1 Å². The van der Waals surface area contributed by atoms with Gasteiger partial charge in [0, 0.05) is 17.0 Å². The third kappa shape index (κ3) is 2.78. The molecule has 19 heavy (non-hydrogen) atoms. The van der Waals surface area contributed by atoms with Crippen molar-refractivity contribution in [1.29, 1.82) is 0 Å². The summed E-state index contributed by atoms with van der Waals surface area (Å²) in [4.78, 5) is 4.16. The van der Waals surface area contributed by atoms with E-state index >= 15 is 0 Å². The van der Waals surface area contributed by atoms with E-state index in [1.165, 1.54) is 6.07 Å². The Labute approximate surface area is 109 Å². The first kappa shape index (κ1) is 13.6. The van der Waals surface area contributed by atoms with Crippen LogP contribution in [0.4, 0.5) is 8.78 Å². The molecule has 2 N–H and O–H groups in total.